The van der Waals surface area contributed by atoms with Crippen LogP contribution in [0.2, 0.25) is 6.55 Å². The molecule has 0 amide bonds. The van der Waals surface area contributed by atoms with E-state index in [2.05, 4.69) is 0 Å². The molecule has 0 radical (unpaired) electrons. The van der Waals surface area contributed by atoms with Crippen LogP contribution in [0, 0.1) is 11.3 Å². The van der Waals surface area contributed by atoms with Gasteiger partial charge in [0.2, 0.25) is 0 Å². The van der Waals surface area contributed by atoms with Gasteiger partial charge in [0, 0.05) is 19.8 Å². The summed E-state index contributed by atoms with van der Waals surface area (Å²) in [6.45, 7) is 8.33. The van der Waals surface area contributed by atoms with Gasteiger partial charge in [0.05, 0.1) is 6.07 Å². The smallest absolute Gasteiger partial charge is 0.374 e. The molecule has 0 aliphatic carbocycles. The second kappa shape index (κ2) is 6.10. The number of rotatable bonds is 6. The monoisotopic (exact) mass is 203 g/mol. The summed E-state index contributed by atoms with van der Waals surface area (Å²) in [7, 11) is -2.56. The Hall–Kier alpha value is -0.413. The van der Waals surface area contributed by atoms with Crippen molar-refractivity contribution in [2.45, 2.75) is 33.4 Å². The molecule has 0 bridgehead atoms. The Morgan fingerprint density at radius 3 is 2.08 bits per heavy atom. The molecule has 5 heteroatoms. The molecule has 1 atom stereocenters. The van der Waals surface area contributed by atoms with Crippen molar-refractivity contribution in [2.75, 3.05) is 13.2 Å². The van der Waals surface area contributed by atoms with E-state index in [0.29, 0.717) is 13.2 Å². The van der Waals surface area contributed by atoms with Gasteiger partial charge in [-0.25, -0.2) is 0 Å². The Kier molecular flexibility index (Phi) is 5.91. The minimum atomic E-state index is -2.56. The molecule has 0 spiro atoms. The predicted molar refractivity (Wildman–Crippen MR) is 51.0 cm³/mol. The van der Waals surface area contributed by atoms with E-state index in [9.17, 15) is 0 Å². The van der Waals surface area contributed by atoms with Crippen LogP contribution in [-0.2, 0) is 13.3 Å². The average molecular weight is 203 g/mol. The summed E-state index contributed by atoms with van der Waals surface area (Å²) in [5.74, 6) is 0. The van der Waals surface area contributed by atoms with E-state index >= 15 is 0 Å². The van der Waals surface area contributed by atoms with Gasteiger partial charge in [-0.05, 0) is 20.8 Å². The Morgan fingerprint density at radius 1 is 1.31 bits per heavy atom. The van der Waals surface area contributed by atoms with Crippen LogP contribution in [0.1, 0.15) is 20.8 Å². The number of nitrogens with zero attached hydrogens (tertiary/aromatic N) is 1. The van der Waals surface area contributed by atoms with E-state index in [4.69, 9.17) is 18.5 Å². The summed E-state index contributed by atoms with van der Waals surface area (Å²) in [4.78, 5) is 0. The Labute approximate surface area is 80.8 Å². The van der Waals surface area contributed by atoms with E-state index in [-0.39, 0.29) is 0 Å². The zero-order valence-corrected chi connectivity index (χ0v) is 9.66. The van der Waals surface area contributed by atoms with Crippen molar-refractivity contribution in [3.05, 3.63) is 0 Å². The lowest BCUT2D eigenvalue weighted by molar-refractivity contribution is 0.0608. The molecule has 0 saturated carbocycles. The fraction of sp³-hybridized carbons (Fsp3) is 0.875. The molecular formula is C8H17NO3Si. The molecule has 0 saturated heterocycles. The third-order valence-electron chi connectivity index (χ3n) is 1.39. The van der Waals surface area contributed by atoms with Crippen molar-refractivity contribution in [2.24, 2.45) is 0 Å². The Bertz CT molecular complexity index is 175. The highest BCUT2D eigenvalue weighted by atomic mass is 28.4. The molecular weight excluding hydrogens is 186 g/mol. The van der Waals surface area contributed by atoms with Crippen molar-refractivity contribution >= 4 is 8.80 Å². The normalized spacial score (nSPS) is 13.8. The zero-order valence-electron chi connectivity index (χ0n) is 8.66. The van der Waals surface area contributed by atoms with Crippen LogP contribution in [-0.4, -0.2) is 28.1 Å². The first-order valence-electron chi connectivity index (χ1n) is 4.43. The largest absolute Gasteiger partial charge is 0.498 e. The fourth-order valence-corrected chi connectivity index (χ4v) is 2.94. The summed E-state index contributed by atoms with van der Waals surface area (Å²) in [5, 5.41) is 8.57. The molecule has 0 aromatic rings. The Balaban J connectivity index is 4.15. The second-order valence-corrected chi connectivity index (χ2v) is 5.16. The van der Waals surface area contributed by atoms with Crippen LogP contribution in [0.15, 0.2) is 0 Å². The van der Waals surface area contributed by atoms with Gasteiger partial charge in [-0.1, -0.05) is 0 Å². The third-order valence-corrected chi connectivity index (χ3v) is 3.79. The quantitative estimate of drug-likeness (QED) is 0.615. The predicted octanol–water partition coefficient (Wildman–Crippen LogP) is 1.56. The first kappa shape index (κ1) is 12.6. The summed E-state index contributed by atoms with van der Waals surface area (Å²) < 4.78 is 16.2. The van der Waals surface area contributed by atoms with Crippen LogP contribution >= 0.6 is 0 Å². The first-order valence-corrected chi connectivity index (χ1v) is 6.65. The maximum Gasteiger partial charge on any atom is 0.498 e. The summed E-state index contributed by atoms with van der Waals surface area (Å²) in [5.41, 5.74) is 0. The minimum Gasteiger partial charge on any atom is -0.374 e. The lowest BCUT2D eigenvalue weighted by Gasteiger charge is -2.25. The molecule has 13 heavy (non-hydrogen) atoms. The molecule has 0 rings (SSSR count). The number of hydrogen-bond donors (Lipinski definition) is 0. The zero-order chi connectivity index (χ0) is 10.3. The second-order valence-electron chi connectivity index (χ2n) is 2.62. The van der Waals surface area contributed by atoms with Crippen LogP contribution < -0.4 is 0 Å². The van der Waals surface area contributed by atoms with Crippen molar-refractivity contribution in [1.29, 1.82) is 5.26 Å². The number of nitriles is 1. The SMILES string of the molecule is CCO[Si](C)(OCC)OC(C)C#N. The highest BCUT2D eigenvalue weighted by Crippen LogP contribution is 2.11. The maximum atomic E-state index is 8.57. The van der Waals surface area contributed by atoms with E-state index in [0.717, 1.165) is 0 Å². The van der Waals surface area contributed by atoms with Gasteiger partial charge >= 0.3 is 8.80 Å². The lowest BCUT2D eigenvalue weighted by atomic mass is 10.5. The van der Waals surface area contributed by atoms with E-state index in [1.54, 1.807) is 13.5 Å². The van der Waals surface area contributed by atoms with E-state index < -0.39 is 14.9 Å². The van der Waals surface area contributed by atoms with Gasteiger partial charge in [-0.3, -0.25) is 0 Å². The topological polar surface area (TPSA) is 51.5 Å². The molecule has 4 nitrogen and oxygen atoms in total. The van der Waals surface area contributed by atoms with Crippen molar-refractivity contribution in [3.63, 3.8) is 0 Å². The van der Waals surface area contributed by atoms with Crippen molar-refractivity contribution in [3.8, 4) is 6.07 Å². The van der Waals surface area contributed by atoms with Crippen LogP contribution in [0.3, 0.4) is 0 Å². The molecule has 0 aliphatic rings. The molecule has 1 unspecified atom stereocenters. The third kappa shape index (κ3) is 5.00. The maximum absolute atomic E-state index is 8.57. The molecule has 0 aliphatic heterocycles. The highest BCUT2D eigenvalue weighted by molar-refractivity contribution is 6.59. The van der Waals surface area contributed by atoms with Crippen molar-refractivity contribution in [1.82, 2.24) is 0 Å². The van der Waals surface area contributed by atoms with Gasteiger partial charge in [0.15, 0.2) is 0 Å². The molecule has 0 aromatic heterocycles. The van der Waals surface area contributed by atoms with Crippen LogP contribution in [0.5, 0.6) is 0 Å². The fourth-order valence-electron chi connectivity index (χ4n) is 0.982. The van der Waals surface area contributed by atoms with Crippen LogP contribution in [0.25, 0.3) is 0 Å². The molecule has 0 heterocycles. The number of hydrogen-bond acceptors (Lipinski definition) is 4. The molecule has 0 N–H and O–H groups in total. The molecule has 0 aromatic carbocycles. The van der Waals surface area contributed by atoms with Gasteiger partial charge in [-0.15, -0.1) is 0 Å². The van der Waals surface area contributed by atoms with Gasteiger partial charge in [0.25, 0.3) is 0 Å². The first-order chi connectivity index (χ1) is 6.08. The van der Waals surface area contributed by atoms with Gasteiger partial charge < -0.3 is 13.3 Å². The Morgan fingerprint density at radius 2 is 1.77 bits per heavy atom. The summed E-state index contributed by atoms with van der Waals surface area (Å²) >= 11 is 0. The van der Waals surface area contributed by atoms with Crippen molar-refractivity contribution < 1.29 is 13.3 Å². The van der Waals surface area contributed by atoms with E-state index in [1.165, 1.54) is 0 Å². The highest BCUT2D eigenvalue weighted by Gasteiger charge is 2.35. The lowest BCUT2D eigenvalue weighted by Crippen LogP contribution is -2.44. The molecule has 0 fully saturated rings. The standard InChI is InChI=1S/C8H17NO3Si/c1-5-10-13(4,11-6-2)12-8(3)7-9/h8H,5-6H2,1-4H3. The molecule has 76 valence electrons. The summed E-state index contributed by atoms with van der Waals surface area (Å²) in [6, 6.07) is 1.99. The average Bonchev–Trinajstić information content (AvgIpc) is 2.04. The summed E-state index contributed by atoms with van der Waals surface area (Å²) in [6.07, 6.45) is -0.477. The van der Waals surface area contributed by atoms with Gasteiger partial charge in [0.1, 0.15) is 6.10 Å². The van der Waals surface area contributed by atoms with Crippen LogP contribution in [0.4, 0.5) is 0 Å². The van der Waals surface area contributed by atoms with E-state index in [1.807, 2.05) is 19.9 Å². The minimum absolute atomic E-state index is 0.477. The van der Waals surface area contributed by atoms with Gasteiger partial charge in [-0.2, -0.15) is 5.26 Å².